The number of ether oxygens (including phenoxy) is 1. The van der Waals surface area contributed by atoms with Gasteiger partial charge in [0.2, 0.25) is 0 Å². The molecule has 2 N–H and O–H groups in total. The summed E-state index contributed by atoms with van der Waals surface area (Å²) in [6.45, 7) is 2.41. The van der Waals surface area contributed by atoms with Crippen LogP contribution in [0.4, 0.5) is 14.6 Å². The van der Waals surface area contributed by atoms with Crippen LogP contribution in [0.15, 0.2) is 12.3 Å². The number of aromatic amines is 1. The molecular weight excluding hydrogens is 442 g/mol. The van der Waals surface area contributed by atoms with E-state index < -0.39 is 11.6 Å². The molecule has 0 aromatic carbocycles. The smallest absolute Gasteiger partial charge is 0.309 e. The zero-order chi connectivity index (χ0) is 23.8. The maximum absolute atomic E-state index is 14.3. The molecule has 34 heavy (non-hydrogen) atoms. The number of carbonyl (C=O) groups excluding carboxylic acids is 1. The second-order valence-corrected chi connectivity index (χ2v) is 9.28. The van der Waals surface area contributed by atoms with E-state index in [2.05, 4.69) is 30.5 Å². The van der Waals surface area contributed by atoms with Crippen LogP contribution in [0.25, 0.3) is 22.6 Å². The van der Waals surface area contributed by atoms with Gasteiger partial charge in [0.05, 0.1) is 29.8 Å². The molecule has 6 rings (SSSR count). The molecule has 3 unspecified atom stereocenters. The molecule has 0 amide bonds. The van der Waals surface area contributed by atoms with Gasteiger partial charge >= 0.3 is 5.97 Å². The van der Waals surface area contributed by atoms with Gasteiger partial charge in [-0.3, -0.25) is 9.89 Å². The molecule has 3 atom stereocenters. The van der Waals surface area contributed by atoms with Crippen molar-refractivity contribution in [2.45, 2.75) is 51.4 Å². The fourth-order valence-corrected chi connectivity index (χ4v) is 5.20. The van der Waals surface area contributed by atoms with Crippen molar-refractivity contribution in [2.24, 2.45) is 17.8 Å². The van der Waals surface area contributed by atoms with E-state index in [4.69, 9.17) is 4.74 Å². The second kappa shape index (κ2) is 9.23. The summed E-state index contributed by atoms with van der Waals surface area (Å²) in [6, 6.07) is 1.31. The van der Waals surface area contributed by atoms with Crippen molar-refractivity contribution in [3.63, 3.8) is 0 Å². The van der Waals surface area contributed by atoms with Crippen molar-refractivity contribution in [3.8, 4) is 11.5 Å². The number of anilines is 1. The molecule has 3 aromatic rings. The quantitative estimate of drug-likeness (QED) is 0.525. The van der Waals surface area contributed by atoms with Crippen LogP contribution in [-0.4, -0.2) is 44.8 Å². The molecule has 180 valence electrons. The van der Waals surface area contributed by atoms with E-state index in [-0.39, 0.29) is 29.4 Å². The lowest BCUT2D eigenvalue weighted by Gasteiger charge is -2.19. The van der Waals surface area contributed by atoms with Gasteiger partial charge in [-0.05, 0) is 56.9 Å². The average Bonchev–Trinajstić information content (AvgIpc) is 3.25. The van der Waals surface area contributed by atoms with Crippen LogP contribution in [0.5, 0.6) is 0 Å². The molecule has 3 heterocycles. The Morgan fingerprint density at radius 3 is 2.68 bits per heavy atom. The van der Waals surface area contributed by atoms with Crippen LogP contribution in [-0.2, 0) is 9.53 Å². The average molecular weight is 471 g/mol. The molecule has 3 saturated carbocycles. The van der Waals surface area contributed by atoms with Gasteiger partial charge in [0.25, 0.3) is 0 Å². The third-order valence-corrected chi connectivity index (χ3v) is 7.00. The molecule has 0 aliphatic heterocycles. The molecule has 3 aliphatic rings. The molecule has 0 spiro atoms. The van der Waals surface area contributed by atoms with E-state index >= 15 is 0 Å². The third kappa shape index (κ3) is 4.33. The molecule has 3 aromatic heterocycles. The standard InChI is InChI=1S/C14H12F2N6.C10H16O2/c1-17-13-9(16)10(6-2-3-6)19-14(20-13)11-8-4-7(15)5-18-12(8)22-21-11;1-2-12-10(11)9-6-7-3-4-8(9)5-7/h4-6H,2-3H2,1H3,(H,17,19,20)(H,18,21,22);7-9H,2-6H2,1H3. The summed E-state index contributed by atoms with van der Waals surface area (Å²) in [7, 11) is 1.60. The number of H-pyrrole nitrogens is 1. The number of rotatable bonds is 5. The predicted octanol–water partition coefficient (Wildman–Crippen LogP) is 4.60. The lowest BCUT2D eigenvalue weighted by atomic mass is 9.89. The van der Waals surface area contributed by atoms with Crippen molar-refractivity contribution < 1.29 is 18.3 Å². The molecule has 3 fully saturated rings. The van der Waals surface area contributed by atoms with E-state index in [1.807, 2.05) is 6.92 Å². The fourth-order valence-electron chi connectivity index (χ4n) is 5.20. The lowest BCUT2D eigenvalue weighted by Crippen LogP contribution is -2.23. The zero-order valence-electron chi connectivity index (χ0n) is 19.3. The highest BCUT2D eigenvalue weighted by atomic mass is 19.1. The van der Waals surface area contributed by atoms with Gasteiger partial charge in [-0.2, -0.15) is 5.10 Å². The topological polar surface area (TPSA) is 106 Å². The van der Waals surface area contributed by atoms with Crippen molar-refractivity contribution in [3.05, 3.63) is 29.6 Å². The summed E-state index contributed by atoms with van der Waals surface area (Å²) in [5, 5.41) is 9.97. The number of aromatic nitrogens is 5. The Kier molecular flexibility index (Phi) is 6.14. The van der Waals surface area contributed by atoms with Crippen LogP contribution >= 0.6 is 0 Å². The van der Waals surface area contributed by atoms with Crippen molar-refractivity contribution in [1.29, 1.82) is 0 Å². The summed E-state index contributed by atoms with van der Waals surface area (Å²) < 4.78 is 32.7. The van der Waals surface area contributed by atoms with Gasteiger partial charge in [-0.1, -0.05) is 6.42 Å². The summed E-state index contributed by atoms with van der Waals surface area (Å²) in [5.41, 5.74) is 1.19. The number of esters is 1. The highest BCUT2D eigenvalue weighted by Gasteiger charge is 2.43. The van der Waals surface area contributed by atoms with Crippen molar-refractivity contribution in [2.75, 3.05) is 19.0 Å². The Morgan fingerprint density at radius 2 is 2.03 bits per heavy atom. The van der Waals surface area contributed by atoms with E-state index in [0.717, 1.165) is 31.4 Å². The summed E-state index contributed by atoms with van der Waals surface area (Å²) >= 11 is 0. The van der Waals surface area contributed by atoms with Gasteiger partial charge in [-0.25, -0.2) is 23.7 Å². The molecule has 8 nitrogen and oxygen atoms in total. The summed E-state index contributed by atoms with van der Waals surface area (Å²) in [4.78, 5) is 23.8. The number of pyridine rings is 1. The van der Waals surface area contributed by atoms with Crippen LogP contribution in [0, 0.1) is 29.4 Å². The van der Waals surface area contributed by atoms with E-state index in [1.165, 1.54) is 25.3 Å². The van der Waals surface area contributed by atoms with Gasteiger partial charge in [0, 0.05) is 13.0 Å². The minimum absolute atomic E-state index is 0.0599. The Morgan fingerprint density at radius 1 is 1.21 bits per heavy atom. The lowest BCUT2D eigenvalue weighted by molar-refractivity contribution is -0.149. The Bertz CT molecular complexity index is 1210. The second-order valence-electron chi connectivity index (χ2n) is 9.28. The molecule has 0 saturated heterocycles. The number of hydrogen-bond donors (Lipinski definition) is 2. The summed E-state index contributed by atoms with van der Waals surface area (Å²) in [6.07, 6.45) is 7.90. The van der Waals surface area contributed by atoms with Crippen LogP contribution < -0.4 is 5.32 Å². The van der Waals surface area contributed by atoms with E-state index in [9.17, 15) is 13.6 Å². The van der Waals surface area contributed by atoms with Crippen LogP contribution in [0.2, 0.25) is 0 Å². The Hall–Kier alpha value is -3.17. The van der Waals surface area contributed by atoms with Gasteiger partial charge < -0.3 is 10.1 Å². The third-order valence-electron chi connectivity index (χ3n) is 7.00. The largest absolute Gasteiger partial charge is 0.466 e. The van der Waals surface area contributed by atoms with E-state index in [0.29, 0.717) is 34.9 Å². The first-order valence-electron chi connectivity index (χ1n) is 11.9. The number of nitrogens with zero attached hydrogens (tertiary/aromatic N) is 4. The monoisotopic (exact) mass is 470 g/mol. The van der Waals surface area contributed by atoms with Gasteiger partial charge in [0.1, 0.15) is 11.5 Å². The van der Waals surface area contributed by atoms with Crippen LogP contribution in [0.3, 0.4) is 0 Å². The fraction of sp³-hybridized carbons (Fsp3) is 0.542. The van der Waals surface area contributed by atoms with Gasteiger partial charge in [-0.15, -0.1) is 0 Å². The minimum atomic E-state index is -0.478. The number of carbonyl (C=O) groups is 1. The number of nitrogens with one attached hydrogen (secondary N) is 2. The zero-order valence-corrected chi connectivity index (χ0v) is 19.3. The highest BCUT2D eigenvalue weighted by Crippen LogP contribution is 2.48. The van der Waals surface area contributed by atoms with E-state index in [1.54, 1.807) is 7.05 Å². The first-order valence-corrected chi connectivity index (χ1v) is 11.9. The maximum Gasteiger partial charge on any atom is 0.309 e. The number of hydrogen-bond acceptors (Lipinski definition) is 7. The van der Waals surface area contributed by atoms with Crippen LogP contribution in [0.1, 0.15) is 57.1 Å². The van der Waals surface area contributed by atoms with Gasteiger partial charge in [0.15, 0.2) is 23.1 Å². The molecule has 10 heteroatoms. The molecule has 2 bridgehead atoms. The first kappa shape index (κ1) is 22.6. The minimum Gasteiger partial charge on any atom is -0.466 e. The SMILES string of the molecule is CCOC(=O)C1CC2CCC1C2.CNc1nc(-c2[nH]nc3ncc(F)cc23)nc(C2CC2)c1F. The first-order chi connectivity index (χ1) is 16.5. The van der Waals surface area contributed by atoms with Crippen molar-refractivity contribution in [1.82, 2.24) is 25.1 Å². The number of fused-ring (bicyclic) bond motifs is 3. The maximum atomic E-state index is 14.3. The Labute approximate surface area is 195 Å². The van der Waals surface area contributed by atoms with Crippen molar-refractivity contribution >= 4 is 22.8 Å². The Balaban J connectivity index is 0.000000169. The molecule has 0 radical (unpaired) electrons. The molecule has 3 aliphatic carbocycles. The molecular formula is C24H28F2N6O2. The predicted molar refractivity (Wildman–Crippen MR) is 122 cm³/mol. The highest BCUT2D eigenvalue weighted by molar-refractivity contribution is 5.88. The summed E-state index contributed by atoms with van der Waals surface area (Å²) in [5.74, 6) is 1.43. The normalized spacial score (nSPS) is 23.0. The number of halogens is 2.